The summed E-state index contributed by atoms with van der Waals surface area (Å²) >= 11 is 0. The Morgan fingerprint density at radius 1 is 0.462 bits per heavy atom. The summed E-state index contributed by atoms with van der Waals surface area (Å²) in [5.74, 6) is -0.0818. The number of rotatable bonds is 15. The van der Waals surface area contributed by atoms with Crippen LogP contribution < -0.4 is 21.3 Å². The summed E-state index contributed by atoms with van der Waals surface area (Å²) in [6, 6.07) is 62.2. The lowest BCUT2D eigenvalue weighted by molar-refractivity contribution is 0.0359. The van der Waals surface area contributed by atoms with E-state index in [1.807, 2.05) is 110 Å². The molecule has 0 bridgehead atoms. The Labute approximate surface area is 543 Å². The Morgan fingerprint density at radius 3 is 1.25 bits per heavy atom. The van der Waals surface area contributed by atoms with Gasteiger partial charge in [0.25, 0.3) is 17.7 Å². The molecule has 474 valence electrons. The predicted molar refractivity (Wildman–Crippen MR) is 376 cm³/mol. The van der Waals surface area contributed by atoms with Gasteiger partial charge in [-0.3, -0.25) is 14.4 Å². The number of nitrogens with one attached hydrogen (secondary N) is 7. The van der Waals surface area contributed by atoms with Gasteiger partial charge in [-0.15, -0.1) is 0 Å². The average molecular weight is 1240 g/mol. The summed E-state index contributed by atoms with van der Waals surface area (Å²) in [4.78, 5) is 61.8. The molecule has 0 radical (unpaired) electrons. The number of alkyl carbamates (subject to hydrolysis) is 1. The molecule has 0 aliphatic heterocycles. The SMILES string of the molecule is CC.CCC(C)(C)OC(=O)NCc1cc2cc(C)c(C(=O)NC3(c4cccc5ccccc45)CC3)cc2[nH]1.COCc1cc2cc(C)c(C(=O)NC3(c4cccc5ccccc45)CC3)cc2[nH]1.Cc1cc2cc[nH]c2cc1C(=O)NC1(c2cccc3ccccc23)CC1. The summed E-state index contributed by atoms with van der Waals surface area (Å²) in [5.41, 5.74) is 12.0. The lowest BCUT2D eigenvalue weighted by Gasteiger charge is -2.23. The van der Waals surface area contributed by atoms with E-state index in [-0.39, 0.29) is 34.3 Å². The van der Waals surface area contributed by atoms with E-state index in [9.17, 15) is 19.2 Å². The van der Waals surface area contributed by atoms with Gasteiger partial charge in [0.15, 0.2) is 0 Å². The average Bonchev–Trinajstić information content (AvgIpc) is 1.62. The molecule has 0 spiro atoms. The van der Waals surface area contributed by atoms with E-state index >= 15 is 0 Å². The van der Waals surface area contributed by atoms with Crippen molar-refractivity contribution in [1.29, 1.82) is 0 Å². The zero-order valence-electron chi connectivity index (χ0n) is 54.7. The molecule has 3 aliphatic rings. The Balaban J connectivity index is 0.000000134. The molecule has 0 saturated heterocycles. The van der Waals surface area contributed by atoms with Crippen LogP contribution in [0.1, 0.15) is 155 Å². The van der Waals surface area contributed by atoms with Crippen molar-refractivity contribution < 1.29 is 28.7 Å². The zero-order chi connectivity index (χ0) is 65.2. The maximum atomic E-state index is 13.5. The first-order valence-corrected chi connectivity index (χ1v) is 32.7. The van der Waals surface area contributed by atoms with Crippen LogP contribution in [0.5, 0.6) is 0 Å². The molecule has 12 aromatic rings. The maximum absolute atomic E-state index is 13.5. The van der Waals surface area contributed by atoms with Crippen LogP contribution in [-0.4, -0.2) is 51.5 Å². The van der Waals surface area contributed by atoms with Gasteiger partial charge in [0, 0.05) is 68.7 Å². The molecular formula is C80H83N7O6. The number of carbonyl (C=O) groups is 4. The molecule has 0 unspecified atom stereocenters. The monoisotopic (exact) mass is 1240 g/mol. The van der Waals surface area contributed by atoms with Crippen molar-refractivity contribution in [2.75, 3.05) is 7.11 Å². The largest absolute Gasteiger partial charge is 0.444 e. The smallest absolute Gasteiger partial charge is 0.407 e. The zero-order valence-corrected chi connectivity index (χ0v) is 54.7. The number of benzene rings is 9. The topological polar surface area (TPSA) is 182 Å². The van der Waals surface area contributed by atoms with Crippen LogP contribution in [-0.2, 0) is 39.2 Å². The first-order valence-electron chi connectivity index (χ1n) is 32.7. The molecule has 13 nitrogen and oxygen atoms in total. The quantitative estimate of drug-likeness (QED) is 0.0536. The number of H-pyrrole nitrogens is 3. The van der Waals surface area contributed by atoms with Crippen LogP contribution >= 0.6 is 0 Å². The number of aromatic amines is 3. The first-order chi connectivity index (χ1) is 44.9. The van der Waals surface area contributed by atoms with E-state index in [1.54, 1.807) is 7.11 Å². The molecule has 0 atom stereocenters. The number of methoxy groups -OCH3 is 1. The minimum absolute atomic E-state index is 0.00411. The predicted octanol–water partition coefficient (Wildman–Crippen LogP) is 17.7. The van der Waals surface area contributed by atoms with E-state index in [4.69, 9.17) is 9.47 Å². The summed E-state index contributed by atoms with van der Waals surface area (Å²) in [6.07, 6.45) is 7.95. The van der Waals surface area contributed by atoms with Crippen LogP contribution in [0.15, 0.2) is 188 Å². The summed E-state index contributed by atoms with van der Waals surface area (Å²) in [5, 5.41) is 23.3. The number of ether oxygens (including phenoxy) is 2. The highest BCUT2D eigenvalue weighted by molar-refractivity contribution is 6.03. The van der Waals surface area contributed by atoms with Gasteiger partial charge in [-0.05, 0) is 205 Å². The highest BCUT2D eigenvalue weighted by Crippen LogP contribution is 2.50. The molecule has 3 aliphatic carbocycles. The van der Waals surface area contributed by atoms with E-state index in [0.717, 1.165) is 117 Å². The van der Waals surface area contributed by atoms with Gasteiger partial charge in [-0.2, -0.15) is 0 Å². The van der Waals surface area contributed by atoms with Gasteiger partial charge in [-0.1, -0.05) is 148 Å². The number of aromatic nitrogens is 3. The van der Waals surface area contributed by atoms with E-state index in [0.29, 0.717) is 18.7 Å². The van der Waals surface area contributed by atoms with Crippen LogP contribution in [0.3, 0.4) is 0 Å². The number of hydrogen-bond donors (Lipinski definition) is 7. The third-order valence-electron chi connectivity index (χ3n) is 18.8. The first kappa shape index (κ1) is 63.2. The van der Waals surface area contributed by atoms with Crippen LogP contribution in [0.4, 0.5) is 4.79 Å². The number of hydrogen-bond acceptors (Lipinski definition) is 6. The fourth-order valence-electron chi connectivity index (χ4n) is 13.1. The molecule has 3 saturated carbocycles. The van der Waals surface area contributed by atoms with E-state index < -0.39 is 11.7 Å². The molecule has 3 fully saturated rings. The molecule has 7 N–H and O–H groups in total. The highest BCUT2D eigenvalue weighted by Gasteiger charge is 2.49. The number of aryl methyl sites for hydroxylation is 3. The minimum atomic E-state index is -0.505. The molecule has 15 rings (SSSR count). The van der Waals surface area contributed by atoms with Crippen LogP contribution in [0.2, 0.25) is 0 Å². The van der Waals surface area contributed by atoms with Gasteiger partial charge in [0.1, 0.15) is 5.60 Å². The molecule has 4 amide bonds. The number of fused-ring (bicyclic) bond motifs is 6. The molecule has 9 aromatic carbocycles. The van der Waals surface area contributed by atoms with E-state index in [1.165, 1.54) is 49.0 Å². The van der Waals surface area contributed by atoms with Crippen molar-refractivity contribution in [3.05, 3.63) is 250 Å². The minimum Gasteiger partial charge on any atom is -0.444 e. The second-order valence-electron chi connectivity index (χ2n) is 25.8. The molecular weight excluding hydrogens is 1150 g/mol. The highest BCUT2D eigenvalue weighted by atomic mass is 16.6. The van der Waals surface area contributed by atoms with Crippen molar-refractivity contribution in [3.63, 3.8) is 0 Å². The van der Waals surface area contributed by atoms with Gasteiger partial charge >= 0.3 is 6.09 Å². The second kappa shape index (κ2) is 26.0. The second-order valence-corrected chi connectivity index (χ2v) is 25.8. The van der Waals surface area contributed by atoms with Crippen molar-refractivity contribution in [1.82, 2.24) is 36.2 Å². The van der Waals surface area contributed by atoms with Gasteiger partial charge < -0.3 is 45.7 Å². The Hall–Kier alpha value is -9.98. The Kier molecular flexibility index (Phi) is 17.6. The van der Waals surface area contributed by atoms with Crippen LogP contribution in [0, 0.1) is 20.8 Å². The van der Waals surface area contributed by atoms with Gasteiger partial charge in [0.05, 0.1) is 29.8 Å². The summed E-state index contributed by atoms with van der Waals surface area (Å²) in [6.45, 7) is 16.5. The Bertz CT molecular complexity index is 4790. The van der Waals surface area contributed by atoms with Crippen molar-refractivity contribution in [2.45, 2.75) is 136 Å². The Morgan fingerprint density at radius 2 is 0.839 bits per heavy atom. The van der Waals surface area contributed by atoms with Crippen molar-refractivity contribution in [3.8, 4) is 0 Å². The lowest BCUT2D eigenvalue weighted by atomic mass is 9.96. The third-order valence-corrected chi connectivity index (χ3v) is 18.8. The third kappa shape index (κ3) is 13.3. The summed E-state index contributed by atoms with van der Waals surface area (Å²) in [7, 11) is 1.68. The van der Waals surface area contributed by atoms with Crippen molar-refractivity contribution >= 4 is 88.8 Å². The van der Waals surface area contributed by atoms with E-state index in [2.05, 4.69) is 170 Å². The standard InChI is InChI=1S/C30H33N3O3.C25H24N2O2.C23H20N2O.C2H6/c1-5-29(3,4)36-28(35)31-18-22-16-21-15-19(2)24(17-26(21)32-22)27(34)33-30(13-14-30)25-12-8-10-20-9-6-7-11-23(20)25;1-16-12-18-13-19(15-29-2)26-23(18)14-21(16)24(28)27-25(10-11-25)22-9-5-7-17-6-3-4-8-20(17)22;1-15-13-17-9-12-24-21(17)14-19(15)22(26)25-23(10-11-23)20-8-4-6-16-5-2-3-7-18(16)20;1-2/h6-12,15-17,32H,5,13-14,18H2,1-4H3,(H,31,35)(H,33,34);3-9,12-14,26H,10-11,15H2,1-2H3,(H,27,28);2-9,12-14,24H,10-11H2,1H3,(H,25,26);1-2H3. The normalized spacial score (nSPS) is 14.6. The van der Waals surface area contributed by atoms with Crippen LogP contribution in [0.25, 0.3) is 65.0 Å². The summed E-state index contributed by atoms with van der Waals surface area (Å²) < 4.78 is 10.7. The number of amides is 4. The maximum Gasteiger partial charge on any atom is 0.407 e. The fourth-order valence-corrected chi connectivity index (χ4v) is 13.1. The molecule has 13 heteroatoms. The molecule has 3 aromatic heterocycles. The van der Waals surface area contributed by atoms with Gasteiger partial charge in [0.2, 0.25) is 0 Å². The molecule has 3 heterocycles. The fraction of sp³-hybridized carbons (Fsp3) is 0.275. The van der Waals surface area contributed by atoms with Gasteiger partial charge in [-0.25, -0.2) is 4.79 Å². The number of carbonyl (C=O) groups excluding carboxylic acids is 4. The lowest BCUT2D eigenvalue weighted by Crippen LogP contribution is -2.35. The molecule has 93 heavy (non-hydrogen) atoms. The van der Waals surface area contributed by atoms with Crippen molar-refractivity contribution in [2.24, 2.45) is 0 Å².